The van der Waals surface area contributed by atoms with E-state index in [2.05, 4.69) is 36.9 Å². The molecule has 2 heterocycles. The van der Waals surface area contributed by atoms with E-state index in [1.54, 1.807) is 14.2 Å². The summed E-state index contributed by atoms with van der Waals surface area (Å²) in [5.41, 5.74) is 5.80. The second kappa shape index (κ2) is 10.00. The van der Waals surface area contributed by atoms with Crippen LogP contribution >= 0.6 is 0 Å². The van der Waals surface area contributed by atoms with Crippen LogP contribution in [0.15, 0.2) is 18.2 Å². The molecule has 162 valence electrons. The number of amides is 1. The van der Waals surface area contributed by atoms with Gasteiger partial charge in [-0.3, -0.25) is 4.79 Å². The van der Waals surface area contributed by atoms with Crippen molar-refractivity contribution in [2.45, 2.75) is 33.8 Å². The lowest BCUT2D eigenvalue weighted by Crippen LogP contribution is -2.50. The Morgan fingerprint density at radius 1 is 1.03 bits per heavy atom. The molecule has 0 aliphatic carbocycles. The number of rotatable bonds is 7. The van der Waals surface area contributed by atoms with Crippen molar-refractivity contribution in [3.63, 3.8) is 0 Å². The van der Waals surface area contributed by atoms with Crippen molar-refractivity contribution in [3.05, 3.63) is 52.0 Å². The van der Waals surface area contributed by atoms with Crippen LogP contribution < -0.4 is 4.90 Å². The molecule has 0 atom stereocenters. The van der Waals surface area contributed by atoms with Crippen LogP contribution in [0.5, 0.6) is 0 Å². The molecule has 7 heteroatoms. The SMILES string of the molecule is COCC(=O)N1CCN(c2nc(C)nc(COC)c2Cc2cc(C)ccc2C)CC1. The van der Waals surface area contributed by atoms with Crippen LogP contribution in [0.1, 0.15) is 33.8 Å². The number of aryl methyl sites for hydroxylation is 3. The van der Waals surface area contributed by atoms with Crippen LogP contribution in [0.2, 0.25) is 0 Å². The summed E-state index contributed by atoms with van der Waals surface area (Å²) in [6.45, 7) is 9.54. The van der Waals surface area contributed by atoms with E-state index in [1.807, 2.05) is 11.8 Å². The van der Waals surface area contributed by atoms with E-state index >= 15 is 0 Å². The fourth-order valence-corrected chi connectivity index (χ4v) is 3.90. The summed E-state index contributed by atoms with van der Waals surface area (Å²) in [5.74, 6) is 1.72. The summed E-state index contributed by atoms with van der Waals surface area (Å²) in [4.78, 5) is 25.8. The molecule has 2 aromatic rings. The highest BCUT2D eigenvalue weighted by Gasteiger charge is 2.25. The molecule has 1 aliphatic rings. The van der Waals surface area contributed by atoms with Gasteiger partial charge >= 0.3 is 0 Å². The Morgan fingerprint density at radius 2 is 1.77 bits per heavy atom. The first-order chi connectivity index (χ1) is 14.4. The van der Waals surface area contributed by atoms with Crippen molar-refractivity contribution in [3.8, 4) is 0 Å². The third-order valence-electron chi connectivity index (χ3n) is 5.54. The Balaban J connectivity index is 1.92. The van der Waals surface area contributed by atoms with E-state index in [0.29, 0.717) is 19.7 Å². The van der Waals surface area contributed by atoms with Gasteiger partial charge in [-0.2, -0.15) is 0 Å². The first-order valence-corrected chi connectivity index (χ1v) is 10.4. The molecule has 7 nitrogen and oxygen atoms in total. The Kier molecular flexibility index (Phi) is 7.39. The normalized spacial score (nSPS) is 14.3. The van der Waals surface area contributed by atoms with Gasteiger partial charge in [0.1, 0.15) is 18.2 Å². The quantitative estimate of drug-likeness (QED) is 0.696. The third kappa shape index (κ3) is 5.15. The number of benzene rings is 1. The predicted molar refractivity (Wildman–Crippen MR) is 117 cm³/mol. The molecule has 30 heavy (non-hydrogen) atoms. The van der Waals surface area contributed by atoms with Gasteiger partial charge in [0.05, 0.1) is 12.3 Å². The number of carbonyl (C=O) groups is 1. The molecule has 0 saturated carbocycles. The van der Waals surface area contributed by atoms with Gasteiger partial charge in [-0.25, -0.2) is 9.97 Å². The van der Waals surface area contributed by atoms with Gasteiger partial charge in [0, 0.05) is 52.4 Å². The Labute approximate surface area is 179 Å². The maximum absolute atomic E-state index is 12.2. The number of hydrogen-bond acceptors (Lipinski definition) is 6. The number of hydrogen-bond donors (Lipinski definition) is 0. The van der Waals surface area contributed by atoms with Crippen LogP contribution in [-0.4, -0.2) is 67.8 Å². The second-order valence-corrected chi connectivity index (χ2v) is 7.86. The minimum Gasteiger partial charge on any atom is -0.378 e. The van der Waals surface area contributed by atoms with Crippen molar-refractivity contribution in [1.82, 2.24) is 14.9 Å². The van der Waals surface area contributed by atoms with E-state index in [9.17, 15) is 4.79 Å². The van der Waals surface area contributed by atoms with Gasteiger partial charge in [-0.15, -0.1) is 0 Å². The average molecular weight is 413 g/mol. The molecule has 1 amide bonds. The molecular weight excluding hydrogens is 380 g/mol. The molecule has 0 N–H and O–H groups in total. The number of piperazine rings is 1. The maximum Gasteiger partial charge on any atom is 0.248 e. The molecule has 1 aliphatic heterocycles. The van der Waals surface area contributed by atoms with Gasteiger partial charge in [0.2, 0.25) is 5.91 Å². The van der Waals surface area contributed by atoms with Crippen molar-refractivity contribution in [1.29, 1.82) is 0 Å². The third-order valence-corrected chi connectivity index (χ3v) is 5.54. The molecule has 0 bridgehead atoms. The lowest BCUT2D eigenvalue weighted by molar-refractivity contribution is -0.135. The number of ether oxygens (including phenoxy) is 2. The average Bonchev–Trinajstić information content (AvgIpc) is 2.73. The molecule has 0 unspecified atom stereocenters. The summed E-state index contributed by atoms with van der Waals surface area (Å²) >= 11 is 0. The molecule has 3 rings (SSSR count). The van der Waals surface area contributed by atoms with E-state index in [0.717, 1.165) is 42.4 Å². The van der Waals surface area contributed by atoms with E-state index < -0.39 is 0 Å². The van der Waals surface area contributed by atoms with Crippen LogP contribution in [-0.2, 0) is 27.3 Å². The topological polar surface area (TPSA) is 67.8 Å². The molecular formula is C23H32N4O3. The van der Waals surface area contributed by atoms with Crippen molar-refractivity contribution in [2.24, 2.45) is 0 Å². The van der Waals surface area contributed by atoms with Crippen LogP contribution in [0.25, 0.3) is 0 Å². The molecule has 1 aromatic heterocycles. The number of aromatic nitrogens is 2. The zero-order valence-electron chi connectivity index (χ0n) is 18.7. The van der Waals surface area contributed by atoms with Gasteiger partial charge in [-0.05, 0) is 31.9 Å². The molecule has 0 radical (unpaired) electrons. The summed E-state index contributed by atoms with van der Waals surface area (Å²) in [6, 6.07) is 6.53. The largest absolute Gasteiger partial charge is 0.378 e. The van der Waals surface area contributed by atoms with Crippen molar-refractivity contribution in [2.75, 3.05) is 51.9 Å². The van der Waals surface area contributed by atoms with Crippen molar-refractivity contribution < 1.29 is 14.3 Å². The van der Waals surface area contributed by atoms with Gasteiger partial charge in [0.15, 0.2) is 0 Å². The first-order valence-electron chi connectivity index (χ1n) is 10.4. The predicted octanol–water partition coefficient (Wildman–Crippen LogP) is 2.43. The summed E-state index contributed by atoms with van der Waals surface area (Å²) in [5, 5.41) is 0. The van der Waals surface area contributed by atoms with Gasteiger partial charge in [-0.1, -0.05) is 23.8 Å². The lowest BCUT2D eigenvalue weighted by Gasteiger charge is -2.36. The molecule has 1 saturated heterocycles. The molecule has 1 fully saturated rings. The first kappa shape index (κ1) is 22.2. The number of anilines is 1. The number of carbonyl (C=O) groups excluding carboxylic acids is 1. The fraction of sp³-hybridized carbons (Fsp3) is 0.522. The van der Waals surface area contributed by atoms with E-state index in [4.69, 9.17) is 19.4 Å². The Morgan fingerprint density at radius 3 is 2.43 bits per heavy atom. The second-order valence-electron chi connectivity index (χ2n) is 7.86. The number of nitrogens with zero attached hydrogens (tertiary/aromatic N) is 4. The summed E-state index contributed by atoms with van der Waals surface area (Å²) < 4.78 is 10.5. The maximum atomic E-state index is 12.2. The Bertz CT molecular complexity index is 892. The summed E-state index contributed by atoms with van der Waals surface area (Å²) in [6.07, 6.45) is 0.755. The highest BCUT2D eigenvalue weighted by molar-refractivity contribution is 5.77. The highest BCUT2D eigenvalue weighted by Crippen LogP contribution is 2.27. The molecule has 0 spiro atoms. The smallest absolute Gasteiger partial charge is 0.248 e. The minimum absolute atomic E-state index is 0.0340. The van der Waals surface area contributed by atoms with Crippen LogP contribution in [0.3, 0.4) is 0 Å². The van der Waals surface area contributed by atoms with Gasteiger partial charge in [0.25, 0.3) is 0 Å². The lowest BCUT2D eigenvalue weighted by atomic mass is 9.97. The van der Waals surface area contributed by atoms with E-state index in [-0.39, 0.29) is 12.5 Å². The highest BCUT2D eigenvalue weighted by atomic mass is 16.5. The van der Waals surface area contributed by atoms with Crippen LogP contribution in [0.4, 0.5) is 5.82 Å². The zero-order valence-corrected chi connectivity index (χ0v) is 18.7. The molecule has 1 aromatic carbocycles. The summed E-state index contributed by atoms with van der Waals surface area (Å²) in [7, 11) is 3.24. The number of methoxy groups -OCH3 is 2. The van der Waals surface area contributed by atoms with Crippen LogP contribution in [0, 0.1) is 20.8 Å². The monoisotopic (exact) mass is 412 g/mol. The zero-order chi connectivity index (χ0) is 21.7. The fourth-order valence-electron chi connectivity index (χ4n) is 3.90. The minimum atomic E-state index is 0.0340. The van der Waals surface area contributed by atoms with Gasteiger partial charge < -0.3 is 19.3 Å². The van der Waals surface area contributed by atoms with E-state index in [1.165, 1.54) is 16.7 Å². The standard InChI is InChI=1S/C23H32N4O3/c1-16-6-7-17(2)19(12-16)13-20-21(14-29-4)24-18(3)25-23(20)27-10-8-26(9-11-27)22(28)15-30-5/h6-7,12H,8-11,13-15H2,1-5H3. The van der Waals surface area contributed by atoms with Crippen molar-refractivity contribution >= 4 is 11.7 Å². The Hall–Kier alpha value is -2.51.